The zero-order valence-corrected chi connectivity index (χ0v) is 10.6. The SMILES string of the molecule is CCCNCC1CC1c1cncc(Br)c1. The molecule has 15 heavy (non-hydrogen) atoms. The molecule has 1 N–H and O–H groups in total. The third-order valence-electron chi connectivity index (χ3n) is 2.91. The van der Waals surface area contributed by atoms with Crippen LogP contribution in [-0.4, -0.2) is 18.1 Å². The predicted molar refractivity (Wildman–Crippen MR) is 65.9 cm³/mol. The van der Waals surface area contributed by atoms with Crippen LogP contribution in [0.2, 0.25) is 0 Å². The number of nitrogens with zero attached hydrogens (tertiary/aromatic N) is 1. The Hall–Kier alpha value is -0.410. The molecule has 1 heterocycles. The maximum atomic E-state index is 4.21. The zero-order valence-electron chi connectivity index (χ0n) is 9.04. The van der Waals surface area contributed by atoms with Crippen LogP contribution >= 0.6 is 15.9 Å². The van der Waals surface area contributed by atoms with Gasteiger partial charge >= 0.3 is 0 Å². The normalized spacial score (nSPS) is 24.1. The van der Waals surface area contributed by atoms with Gasteiger partial charge in [0, 0.05) is 16.9 Å². The highest BCUT2D eigenvalue weighted by Crippen LogP contribution is 2.47. The molecule has 0 aliphatic heterocycles. The van der Waals surface area contributed by atoms with Crippen LogP contribution in [0.25, 0.3) is 0 Å². The number of halogens is 1. The second kappa shape index (κ2) is 5.08. The Labute approximate surface area is 99.6 Å². The van der Waals surface area contributed by atoms with Crippen molar-refractivity contribution in [3.8, 4) is 0 Å². The molecule has 2 nitrogen and oxygen atoms in total. The summed E-state index contributed by atoms with van der Waals surface area (Å²) < 4.78 is 1.09. The molecule has 0 spiro atoms. The van der Waals surface area contributed by atoms with Crippen molar-refractivity contribution in [3.05, 3.63) is 28.5 Å². The number of hydrogen-bond donors (Lipinski definition) is 1. The second-order valence-corrected chi connectivity index (χ2v) is 5.16. The molecule has 1 aromatic rings. The monoisotopic (exact) mass is 268 g/mol. The van der Waals surface area contributed by atoms with Gasteiger partial charge in [-0.3, -0.25) is 4.98 Å². The van der Waals surface area contributed by atoms with Crippen LogP contribution in [0.5, 0.6) is 0 Å². The van der Waals surface area contributed by atoms with E-state index in [1.54, 1.807) is 0 Å². The summed E-state index contributed by atoms with van der Waals surface area (Å²) in [4.78, 5) is 4.21. The van der Waals surface area contributed by atoms with Crippen molar-refractivity contribution < 1.29 is 0 Å². The maximum absolute atomic E-state index is 4.21. The Morgan fingerprint density at radius 2 is 2.40 bits per heavy atom. The lowest BCUT2D eigenvalue weighted by molar-refractivity contribution is 0.620. The fraction of sp³-hybridized carbons (Fsp3) is 0.583. The molecular weight excluding hydrogens is 252 g/mol. The molecule has 0 bridgehead atoms. The highest BCUT2D eigenvalue weighted by Gasteiger charge is 2.37. The van der Waals surface area contributed by atoms with Crippen molar-refractivity contribution in [1.29, 1.82) is 0 Å². The maximum Gasteiger partial charge on any atom is 0.0410 e. The van der Waals surface area contributed by atoms with Gasteiger partial charge in [0.1, 0.15) is 0 Å². The van der Waals surface area contributed by atoms with E-state index in [-0.39, 0.29) is 0 Å². The smallest absolute Gasteiger partial charge is 0.0410 e. The van der Waals surface area contributed by atoms with Crippen molar-refractivity contribution in [3.63, 3.8) is 0 Å². The zero-order chi connectivity index (χ0) is 10.7. The summed E-state index contributed by atoms with van der Waals surface area (Å²) in [5.74, 6) is 1.56. The van der Waals surface area contributed by atoms with E-state index >= 15 is 0 Å². The average molecular weight is 269 g/mol. The van der Waals surface area contributed by atoms with Crippen molar-refractivity contribution in [2.45, 2.75) is 25.7 Å². The van der Waals surface area contributed by atoms with Crippen LogP contribution < -0.4 is 5.32 Å². The molecule has 82 valence electrons. The second-order valence-electron chi connectivity index (χ2n) is 4.24. The van der Waals surface area contributed by atoms with Gasteiger partial charge in [-0.15, -0.1) is 0 Å². The Balaban J connectivity index is 1.83. The molecule has 2 atom stereocenters. The third kappa shape index (κ3) is 3.02. The minimum Gasteiger partial charge on any atom is -0.316 e. The Bertz CT molecular complexity index is 327. The highest BCUT2D eigenvalue weighted by molar-refractivity contribution is 9.10. The number of aromatic nitrogens is 1. The van der Waals surface area contributed by atoms with Gasteiger partial charge < -0.3 is 5.32 Å². The summed E-state index contributed by atoms with van der Waals surface area (Å²) in [5, 5.41) is 3.48. The molecule has 1 aromatic heterocycles. The lowest BCUT2D eigenvalue weighted by Crippen LogP contribution is -2.17. The van der Waals surface area contributed by atoms with Gasteiger partial charge in [-0.1, -0.05) is 6.92 Å². The van der Waals surface area contributed by atoms with E-state index in [0.717, 1.165) is 29.4 Å². The van der Waals surface area contributed by atoms with Crippen LogP contribution in [0.15, 0.2) is 22.9 Å². The Morgan fingerprint density at radius 1 is 1.53 bits per heavy atom. The van der Waals surface area contributed by atoms with Gasteiger partial charge in [0.25, 0.3) is 0 Å². The van der Waals surface area contributed by atoms with Crippen LogP contribution in [-0.2, 0) is 0 Å². The van der Waals surface area contributed by atoms with E-state index in [9.17, 15) is 0 Å². The van der Waals surface area contributed by atoms with E-state index < -0.39 is 0 Å². The molecule has 0 aromatic carbocycles. The molecule has 2 rings (SSSR count). The standard InChI is InChI=1S/C12H17BrN2/c1-2-3-14-6-10-5-12(10)9-4-11(13)8-15-7-9/h4,7-8,10,12,14H,2-3,5-6H2,1H3. The summed E-state index contributed by atoms with van der Waals surface area (Å²) in [5.41, 5.74) is 1.38. The summed E-state index contributed by atoms with van der Waals surface area (Å²) in [7, 11) is 0. The molecule has 0 amide bonds. The van der Waals surface area contributed by atoms with Gasteiger partial charge in [-0.05, 0) is 65.3 Å². The molecule has 2 unspecified atom stereocenters. The molecule has 1 aliphatic rings. The summed E-state index contributed by atoms with van der Waals surface area (Å²) in [6, 6.07) is 2.19. The largest absolute Gasteiger partial charge is 0.316 e. The van der Waals surface area contributed by atoms with Crippen molar-refractivity contribution in [2.75, 3.05) is 13.1 Å². The van der Waals surface area contributed by atoms with E-state index in [1.807, 2.05) is 12.4 Å². The van der Waals surface area contributed by atoms with Crippen LogP contribution in [0.3, 0.4) is 0 Å². The minimum absolute atomic E-state index is 0.736. The minimum atomic E-state index is 0.736. The first-order valence-corrected chi connectivity index (χ1v) is 6.41. The fourth-order valence-corrected chi connectivity index (χ4v) is 2.36. The number of pyridine rings is 1. The van der Waals surface area contributed by atoms with Crippen molar-refractivity contribution >= 4 is 15.9 Å². The van der Waals surface area contributed by atoms with Crippen molar-refractivity contribution in [2.24, 2.45) is 5.92 Å². The Morgan fingerprint density at radius 3 is 3.13 bits per heavy atom. The fourth-order valence-electron chi connectivity index (χ4n) is 1.98. The molecule has 1 aliphatic carbocycles. The summed E-state index contributed by atoms with van der Waals surface area (Å²) >= 11 is 3.46. The predicted octanol–water partition coefficient (Wildman–Crippen LogP) is 2.95. The van der Waals surface area contributed by atoms with Gasteiger partial charge in [0.15, 0.2) is 0 Å². The summed E-state index contributed by atoms with van der Waals surface area (Å²) in [6.07, 6.45) is 6.37. The van der Waals surface area contributed by atoms with Crippen LogP contribution in [0.1, 0.15) is 31.2 Å². The molecule has 1 fully saturated rings. The number of hydrogen-bond acceptors (Lipinski definition) is 2. The van der Waals surface area contributed by atoms with Gasteiger partial charge in [0.05, 0.1) is 0 Å². The lowest BCUT2D eigenvalue weighted by Gasteiger charge is -2.02. The van der Waals surface area contributed by atoms with E-state index in [2.05, 4.69) is 39.2 Å². The van der Waals surface area contributed by atoms with E-state index in [4.69, 9.17) is 0 Å². The topological polar surface area (TPSA) is 24.9 Å². The molecular formula is C12H17BrN2. The van der Waals surface area contributed by atoms with Crippen LogP contribution in [0, 0.1) is 5.92 Å². The van der Waals surface area contributed by atoms with E-state index in [1.165, 1.54) is 18.4 Å². The first-order valence-electron chi connectivity index (χ1n) is 5.62. The van der Waals surface area contributed by atoms with Gasteiger partial charge in [-0.25, -0.2) is 0 Å². The third-order valence-corrected chi connectivity index (χ3v) is 3.34. The highest BCUT2D eigenvalue weighted by atomic mass is 79.9. The molecule has 1 saturated carbocycles. The Kier molecular flexibility index (Phi) is 3.76. The first-order chi connectivity index (χ1) is 7.31. The molecule has 0 radical (unpaired) electrons. The quantitative estimate of drug-likeness (QED) is 0.831. The van der Waals surface area contributed by atoms with E-state index in [0.29, 0.717) is 0 Å². The number of nitrogens with one attached hydrogen (secondary N) is 1. The molecule has 3 heteroatoms. The lowest BCUT2D eigenvalue weighted by atomic mass is 10.1. The van der Waals surface area contributed by atoms with Crippen LogP contribution in [0.4, 0.5) is 0 Å². The van der Waals surface area contributed by atoms with Gasteiger partial charge in [-0.2, -0.15) is 0 Å². The van der Waals surface area contributed by atoms with Crippen molar-refractivity contribution in [1.82, 2.24) is 10.3 Å². The van der Waals surface area contributed by atoms with Gasteiger partial charge in [0.2, 0.25) is 0 Å². The molecule has 0 saturated heterocycles. The number of rotatable bonds is 5. The first kappa shape index (κ1) is 11.1. The average Bonchev–Trinajstić information content (AvgIpc) is 2.98. The summed E-state index contributed by atoms with van der Waals surface area (Å²) in [6.45, 7) is 4.50.